The third-order valence-electron chi connectivity index (χ3n) is 3.30. The topological polar surface area (TPSA) is 15.3 Å². The van der Waals surface area contributed by atoms with Crippen LogP contribution in [0.3, 0.4) is 0 Å². The fourth-order valence-corrected chi connectivity index (χ4v) is 3.17. The van der Waals surface area contributed by atoms with Crippen LogP contribution in [-0.4, -0.2) is 47.6 Å². The van der Waals surface area contributed by atoms with Gasteiger partial charge in [-0.1, -0.05) is 20.8 Å². The lowest BCUT2D eigenvalue weighted by Crippen LogP contribution is -2.39. The second-order valence-corrected chi connectivity index (χ2v) is 6.53. The van der Waals surface area contributed by atoms with Crippen LogP contribution in [0.1, 0.15) is 40.5 Å². The Bertz CT molecular complexity index is 185. The molecule has 1 rings (SSSR count). The first-order chi connectivity index (χ1) is 7.63. The van der Waals surface area contributed by atoms with Crippen LogP contribution in [0.2, 0.25) is 0 Å². The van der Waals surface area contributed by atoms with E-state index < -0.39 is 0 Å². The van der Waals surface area contributed by atoms with Crippen LogP contribution in [0.15, 0.2) is 0 Å². The minimum atomic E-state index is 0.621. The Morgan fingerprint density at radius 3 is 2.75 bits per heavy atom. The Morgan fingerprint density at radius 1 is 1.38 bits per heavy atom. The highest BCUT2D eigenvalue weighted by Crippen LogP contribution is 2.16. The summed E-state index contributed by atoms with van der Waals surface area (Å²) in [5.74, 6) is 2.57. The number of nitrogens with one attached hydrogen (secondary N) is 1. The van der Waals surface area contributed by atoms with Crippen LogP contribution in [-0.2, 0) is 0 Å². The quantitative estimate of drug-likeness (QED) is 0.693. The SMILES string of the molecule is CCSCCC(C)N1CCC(NC(C)C)C1. The number of hydrogen-bond acceptors (Lipinski definition) is 3. The van der Waals surface area contributed by atoms with E-state index in [1.807, 2.05) is 0 Å². The van der Waals surface area contributed by atoms with E-state index in [1.54, 1.807) is 0 Å². The second kappa shape index (κ2) is 7.57. The summed E-state index contributed by atoms with van der Waals surface area (Å²) >= 11 is 2.06. The van der Waals surface area contributed by atoms with Gasteiger partial charge in [0, 0.05) is 31.2 Å². The van der Waals surface area contributed by atoms with Crippen LogP contribution in [0.25, 0.3) is 0 Å². The Labute approximate surface area is 106 Å². The Balaban J connectivity index is 2.18. The predicted molar refractivity (Wildman–Crippen MR) is 75.3 cm³/mol. The highest BCUT2D eigenvalue weighted by atomic mass is 32.2. The molecule has 16 heavy (non-hydrogen) atoms. The Kier molecular flexibility index (Phi) is 6.78. The zero-order chi connectivity index (χ0) is 12.0. The van der Waals surface area contributed by atoms with Gasteiger partial charge in [-0.15, -0.1) is 0 Å². The molecule has 0 aliphatic carbocycles. The van der Waals surface area contributed by atoms with E-state index in [2.05, 4.69) is 49.7 Å². The van der Waals surface area contributed by atoms with Crippen LogP contribution in [0.5, 0.6) is 0 Å². The molecule has 0 aromatic carbocycles. The minimum Gasteiger partial charge on any atom is -0.310 e. The van der Waals surface area contributed by atoms with Gasteiger partial charge in [-0.3, -0.25) is 4.90 Å². The van der Waals surface area contributed by atoms with Crippen molar-refractivity contribution in [2.45, 2.75) is 58.7 Å². The van der Waals surface area contributed by atoms with Gasteiger partial charge in [0.25, 0.3) is 0 Å². The monoisotopic (exact) mass is 244 g/mol. The largest absolute Gasteiger partial charge is 0.310 e. The summed E-state index contributed by atoms with van der Waals surface area (Å²) in [6.45, 7) is 11.6. The molecule has 0 radical (unpaired) electrons. The Hall–Kier alpha value is 0.270. The lowest BCUT2D eigenvalue weighted by Gasteiger charge is -2.24. The van der Waals surface area contributed by atoms with E-state index in [9.17, 15) is 0 Å². The highest BCUT2D eigenvalue weighted by Gasteiger charge is 2.25. The lowest BCUT2D eigenvalue weighted by atomic mass is 10.2. The summed E-state index contributed by atoms with van der Waals surface area (Å²) in [4.78, 5) is 2.65. The third kappa shape index (κ3) is 5.07. The molecule has 1 saturated heterocycles. The zero-order valence-electron chi connectivity index (χ0n) is 11.3. The first kappa shape index (κ1) is 14.3. The molecule has 0 spiro atoms. The van der Waals surface area contributed by atoms with Crippen molar-refractivity contribution in [1.29, 1.82) is 0 Å². The van der Waals surface area contributed by atoms with Crippen LogP contribution >= 0.6 is 11.8 Å². The smallest absolute Gasteiger partial charge is 0.0209 e. The molecule has 2 nitrogen and oxygen atoms in total. The van der Waals surface area contributed by atoms with Crippen molar-refractivity contribution in [3.8, 4) is 0 Å². The van der Waals surface area contributed by atoms with Gasteiger partial charge in [0.05, 0.1) is 0 Å². The summed E-state index contributed by atoms with van der Waals surface area (Å²) in [6, 6.07) is 2.11. The van der Waals surface area contributed by atoms with Crippen LogP contribution < -0.4 is 5.32 Å². The maximum Gasteiger partial charge on any atom is 0.0209 e. The molecule has 0 aromatic heterocycles. The molecule has 0 bridgehead atoms. The van der Waals surface area contributed by atoms with Crippen molar-refractivity contribution < 1.29 is 0 Å². The predicted octanol–water partition coefficient (Wildman–Crippen LogP) is 2.59. The normalized spacial score (nSPS) is 24.2. The summed E-state index contributed by atoms with van der Waals surface area (Å²) < 4.78 is 0. The molecule has 96 valence electrons. The molecule has 1 aliphatic rings. The van der Waals surface area contributed by atoms with Gasteiger partial charge < -0.3 is 5.32 Å². The number of nitrogens with zero attached hydrogens (tertiary/aromatic N) is 1. The maximum atomic E-state index is 3.65. The molecule has 0 aromatic rings. The van der Waals surface area contributed by atoms with E-state index in [0.717, 1.165) is 12.1 Å². The van der Waals surface area contributed by atoms with Crippen molar-refractivity contribution in [1.82, 2.24) is 10.2 Å². The van der Waals surface area contributed by atoms with Crippen molar-refractivity contribution >= 4 is 11.8 Å². The van der Waals surface area contributed by atoms with Gasteiger partial charge >= 0.3 is 0 Å². The van der Waals surface area contributed by atoms with Gasteiger partial charge in [-0.25, -0.2) is 0 Å². The van der Waals surface area contributed by atoms with Gasteiger partial charge in [0.15, 0.2) is 0 Å². The van der Waals surface area contributed by atoms with E-state index in [1.165, 1.54) is 37.4 Å². The molecule has 0 saturated carbocycles. The molecule has 1 fully saturated rings. The summed E-state index contributed by atoms with van der Waals surface area (Å²) in [7, 11) is 0. The molecule has 3 heteroatoms. The van der Waals surface area contributed by atoms with Gasteiger partial charge in [0.1, 0.15) is 0 Å². The summed E-state index contributed by atoms with van der Waals surface area (Å²) in [5, 5.41) is 3.65. The van der Waals surface area contributed by atoms with E-state index >= 15 is 0 Å². The first-order valence-electron chi connectivity index (χ1n) is 6.71. The first-order valence-corrected chi connectivity index (χ1v) is 7.86. The molecule has 2 unspecified atom stereocenters. The highest BCUT2D eigenvalue weighted by molar-refractivity contribution is 7.99. The van der Waals surface area contributed by atoms with Crippen LogP contribution in [0, 0.1) is 0 Å². The van der Waals surface area contributed by atoms with Gasteiger partial charge in [-0.2, -0.15) is 11.8 Å². The average molecular weight is 244 g/mol. The molecular weight excluding hydrogens is 216 g/mol. The minimum absolute atomic E-state index is 0.621. The fourth-order valence-electron chi connectivity index (χ4n) is 2.38. The fraction of sp³-hybridized carbons (Fsp3) is 1.00. The number of rotatable bonds is 7. The maximum absolute atomic E-state index is 3.65. The summed E-state index contributed by atoms with van der Waals surface area (Å²) in [5.41, 5.74) is 0. The molecule has 1 aliphatic heterocycles. The van der Waals surface area contributed by atoms with E-state index in [0.29, 0.717) is 6.04 Å². The van der Waals surface area contributed by atoms with Crippen LogP contribution in [0.4, 0.5) is 0 Å². The molecule has 0 amide bonds. The van der Waals surface area contributed by atoms with E-state index in [-0.39, 0.29) is 0 Å². The number of likely N-dealkylation sites (tertiary alicyclic amines) is 1. The molecule has 2 atom stereocenters. The zero-order valence-corrected chi connectivity index (χ0v) is 12.1. The number of thioether (sulfide) groups is 1. The molecule has 1 N–H and O–H groups in total. The average Bonchev–Trinajstić information content (AvgIpc) is 2.65. The lowest BCUT2D eigenvalue weighted by molar-refractivity contribution is 0.246. The van der Waals surface area contributed by atoms with Crippen molar-refractivity contribution in [2.24, 2.45) is 0 Å². The second-order valence-electron chi connectivity index (χ2n) is 5.14. The van der Waals surface area contributed by atoms with Crippen molar-refractivity contribution in [3.05, 3.63) is 0 Å². The molecular formula is C13H28N2S. The van der Waals surface area contributed by atoms with E-state index in [4.69, 9.17) is 0 Å². The molecule has 1 heterocycles. The number of hydrogen-bond donors (Lipinski definition) is 1. The Morgan fingerprint density at radius 2 is 2.12 bits per heavy atom. The van der Waals surface area contributed by atoms with Gasteiger partial charge in [0.2, 0.25) is 0 Å². The third-order valence-corrected chi connectivity index (χ3v) is 4.23. The standard InChI is InChI=1S/C13H28N2S/c1-5-16-9-7-12(4)15-8-6-13(10-15)14-11(2)3/h11-14H,5-10H2,1-4H3. The van der Waals surface area contributed by atoms with Crippen molar-refractivity contribution in [3.63, 3.8) is 0 Å². The summed E-state index contributed by atoms with van der Waals surface area (Å²) in [6.07, 6.45) is 2.66. The van der Waals surface area contributed by atoms with Gasteiger partial charge in [-0.05, 0) is 31.3 Å². The van der Waals surface area contributed by atoms with Crippen molar-refractivity contribution in [2.75, 3.05) is 24.6 Å².